The van der Waals surface area contributed by atoms with Crippen molar-refractivity contribution in [2.24, 2.45) is 11.3 Å². The Labute approximate surface area is 121 Å². The van der Waals surface area contributed by atoms with Gasteiger partial charge in [0.15, 0.2) is 0 Å². The van der Waals surface area contributed by atoms with E-state index >= 15 is 0 Å². The van der Waals surface area contributed by atoms with E-state index in [0.717, 1.165) is 32.4 Å². The molecule has 0 aromatic heterocycles. The number of amides is 2. The van der Waals surface area contributed by atoms with Crippen molar-refractivity contribution in [3.05, 3.63) is 0 Å². The van der Waals surface area contributed by atoms with Gasteiger partial charge in [0.1, 0.15) is 6.54 Å². The molecule has 5 heteroatoms. The largest absolute Gasteiger partial charge is 0.480 e. The summed E-state index contributed by atoms with van der Waals surface area (Å²) in [6.45, 7) is 10.3. The van der Waals surface area contributed by atoms with Gasteiger partial charge in [-0.3, -0.25) is 4.79 Å². The molecule has 1 rings (SSSR count). The second-order valence-electron chi connectivity index (χ2n) is 6.67. The van der Waals surface area contributed by atoms with Crippen molar-refractivity contribution in [1.82, 2.24) is 9.80 Å². The van der Waals surface area contributed by atoms with Crippen molar-refractivity contribution < 1.29 is 14.7 Å². The summed E-state index contributed by atoms with van der Waals surface area (Å²) in [5.41, 5.74) is 0.268. The van der Waals surface area contributed by atoms with Crippen molar-refractivity contribution >= 4 is 12.0 Å². The number of carboxylic acid groups (broad SMARTS) is 1. The Bertz CT molecular complexity index is 350. The van der Waals surface area contributed by atoms with Crippen LogP contribution < -0.4 is 0 Å². The van der Waals surface area contributed by atoms with Crippen molar-refractivity contribution in [3.63, 3.8) is 0 Å². The van der Waals surface area contributed by atoms with Crippen LogP contribution in [0, 0.1) is 11.3 Å². The van der Waals surface area contributed by atoms with Gasteiger partial charge in [0.2, 0.25) is 0 Å². The first-order valence-corrected chi connectivity index (χ1v) is 7.51. The molecular weight excluding hydrogens is 256 g/mol. The predicted octanol–water partition coefficient (Wildman–Crippen LogP) is 2.66. The number of likely N-dealkylation sites (tertiary alicyclic amines) is 1. The molecule has 5 nitrogen and oxygen atoms in total. The molecule has 1 unspecified atom stereocenters. The van der Waals surface area contributed by atoms with E-state index in [-0.39, 0.29) is 18.0 Å². The molecular formula is C15H28N2O3. The third-order valence-electron chi connectivity index (χ3n) is 4.20. The Morgan fingerprint density at radius 3 is 2.40 bits per heavy atom. The molecule has 0 bridgehead atoms. The first-order valence-electron chi connectivity index (χ1n) is 7.51. The van der Waals surface area contributed by atoms with E-state index in [0.29, 0.717) is 12.5 Å². The minimum absolute atomic E-state index is 0.135. The third kappa shape index (κ3) is 4.69. The normalized spacial score (nSPS) is 20.4. The predicted molar refractivity (Wildman–Crippen MR) is 78.6 cm³/mol. The number of hydrogen-bond acceptors (Lipinski definition) is 2. The number of rotatable bonds is 3. The van der Waals surface area contributed by atoms with Crippen molar-refractivity contribution in [2.45, 2.75) is 47.0 Å². The highest BCUT2D eigenvalue weighted by atomic mass is 16.4. The van der Waals surface area contributed by atoms with Gasteiger partial charge in [-0.2, -0.15) is 0 Å². The molecule has 1 fully saturated rings. The molecule has 1 heterocycles. The second kappa shape index (κ2) is 6.95. The second-order valence-corrected chi connectivity index (χ2v) is 6.67. The van der Waals surface area contributed by atoms with Crippen LogP contribution in [0.3, 0.4) is 0 Å². The van der Waals surface area contributed by atoms with Gasteiger partial charge >= 0.3 is 12.0 Å². The summed E-state index contributed by atoms with van der Waals surface area (Å²) in [5.74, 6) is -0.336. The number of likely N-dealkylation sites (N-methyl/N-ethyl adjacent to an activating group) is 1. The molecule has 0 radical (unpaired) electrons. The van der Waals surface area contributed by atoms with Crippen LogP contribution in [0.15, 0.2) is 0 Å². The van der Waals surface area contributed by atoms with E-state index in [4.69, 9.17) is 5.11 Å². The van der Waals surface area contributed by atoms with Crippen LogP contribution in [-0.2, 0) is 4.79 Å². The SMILES string of the molecule is CCN(CC(=O)O)C(=O)N1CCCC(C(C)(C)C)CC1. The lowest BCUT2D eigenvalue weighted by Gasteiger charge is -2.30. The number of carbonyl (C=O) groups excluding carboxylic acids is 1. The van der Waals surface area contributed by atoms with E-state index in [1.54, 1.807) is 0 Å². The van der Waals surface area contributed by atoms with Crippen molar-refractivity contribution in [3.8, 4) is 0 Å². The molecule has 1 aliphatic rings. The Balaban J connectivity index is 2.63. The lowest BCUT2D eigenvalue weighted by atomic mass is 9.77. The highest BCUT2D eigenvalue weighted by molar-refractivity contribution is 5.80. The Morgan fingerprint density at radius 2 is 1.90 bits per heavy atom. The molecule has 116 valence electrons. The summed E-state index contributed by atoms with van der Waals surface area (Å²) >= 11 is 0. The Hall–Kier alpha value is -1.26. The van der Waals surface area contributed by atoms with E-state index in [9.17, 15) is 9.59 Å². The molecule has 1 atom stereocenters. The molecule has 0 aliphatic carbocycles. The van der Waals surface area contributed by atoms with E-state index in [1.165, 1.54) is 4.90 Å². The van der Waals surface area contributed by atoms with Gasteiger partial charge in [0.05, 0.1) is 0 Å². The fourth-order valence-corrected chi connectivity index (χ4v) is 2.83. The number of carboxylic acids is 1. The minimum atomic E-state index is -0.956. The summed E-state index contributed by atoms with van der Waals surface area (Å²) in [4.78, 5) is 26.4. The van der Waals surface area contributed by atoms with Crippen LogP contribution in [0.5, 0.6) is 0 Å². The van der Waals surface area contributed by atoms with Crippen LogP contribution in [0.25, 0.3) is 0 Å². The third-order valence-corrected chi connectivity index (χ3v) is 4.20. The fourth-order valence-electron chi connectivity index (χ4n) is 2.83. The van der Waals surface area contributed by atoms with Crippen LogP contribution in [0.4, 0.5) is 4.79 Å². The maximum atomic E-state index is 12.4. The average molecular weight is 284 g/mol. The molecule has 1 saturated heterocycles. The maximum Gasteiger partial charge on any atom is 0.323 e. The highest BCUT2D eigenvalue weighted by Gasteiger charge is 2.29. The van der Waals surface area contributed by atoms with Crippen LogP contribution in [-0.4, -0.2) is 53.1 Å². The van der Waals surface area contributed by atoms with Gasteiger partial charge in [-0.05, 0) is 37.5 Å². The van der Waals surface area contributed by atoms with E-state index < -0.39 is 5.97 Å². The minimum Gasteiger partial charge on any atom is -0.480 e. The Kier molecular flexibility index (Phi) is 5.84. The number of carbonyl (C=O) groups is 2. The summed E-state index contributed by atoms with van der Waals surface area (Å²) in [6, 6.07) is -0.135. The first-order chi connectivity index (χ1) is 9.25. The van der Waals surface area contributed by atoms with Crippen molar-refractivity contribution in [1.29, 1.82) is 0 Å². The lowest BCUT2D eigenvalue weighted by molar-refractivity contribution is -0.137. The van der Waals surface area contributed by atoms with Gasteiger partial charge in [-0.15, -0.1) is 0 Å². The van der Waals surface area contributed by atoms with Crippen molar-refractivity contribution in [2.75, 3.05) is 26.2 Å². The lowest BCUT2D eigenvalue weighted by Crippen LogP contribution is -2.45. The highest BCUT2D eigenvalue weighted by Crippen LogP contribution is 2.34. The first kappa shape index (κ1) is 16.8. The van der Waals surface area contributed by atoms with E-state index in [2.05, 4.69) is 20.8 Å². The topological polar surface area (TPSA) is 60.9 Å². The standard InChI is InChI=1S/C15H28N2O3/c1-5-16(11-13(18)19)14(20)17-9-6-7-12(8-10-17)15(2,3)4/h12H,5-11H2,1-4H3,(H,18,19). The number of aliphatic carboxylic acids is 1. The number of hydrogen-bond donors (Lipinski definition) is 1. The monoisotopic (exact) mass is 284 g/mol. The van der Waals surface area contributed by atoms with Crippen LogP contribution in [0.1, 0.15) is 47.0 Å². The summed E-state index contributed by atoms with van der Waals surface area (Å²) < 4.78 is 0. The zero-order valence-electron chi connectivity index (χ0n) is 13.2. The van der Waals surface area contributed by atoms with Crippen LogP contribution >= 0.6 is 0 Å². The molecule has 1 aliphatic heterocycles. The maximum absolute atomic E-state index is 12.4. The zero-order chi connectivity index (χ0) is 15.3. The molecule has 1 N–H and O–H groups in total. The summed E-state index contributed by atoms with van der Waals surface area (Å²) in [6.07, 6.45) is 3.14. The van der Waals surface area contributed by atoms with Gasteiger partial charge in [0.25, 0.3) is 0 Å². The molecule has 20 heavy (non-hydrogen) atoms. The molecule has 0 aromatic carbocycles. The smallest absolute Gasteiger partial charge is 0.323 e. The fraction of sp³-hybridized carbons (Fsp3) is 0.867. The Morgan fingerprint density at radius 1 is 1.25 bits per heavy atom. The summed E-state index contributed by atoms with van der Waals surface area (Å²) in [7, 11) is 0. The zero-order valence-corrected chi connectivity index (χ0v) is 13.2. The average Bonchev–Trinajstić information content (AvgIpc) is 2.59. The quantitative estimate of drug-likeness (QED) is 0.866. The van der Waals surface area contributed by atoms with Crippen LogP contribution in [0.2, 0.25) is 0 Å². The van der Waals surface area contributed by atoms with Gasteiger partial charge in [-0.25, -0.2) is 4.79 Å². The summed E-state index contributed by atoms with van der Waals surface area (Å²) in [5, 5.41) is 8.85. The van der Waals surface area contributed by atoms with Gasteiger partial charge in [0, 0.05) is 19.6 Å². The van der Waals surface area contributed by atoms with Gasteiger partial charge in [-0.1, -0.05) is 20.8 Å². The molecule has 0 spiro atoms. The number of nitrogens with zero attached hydrogens (tertiary/aromatic N) is 2. The molecule has 0 saturated carbocycles. The number of urea groups is 1. The van der Waals surface area contributed by atoms with Gasteiger partial charge < -0.3 is 14.9 Å². The van der Waals surface area contributed by atoms with E-state index in [1.807, 2.05) is 11.8 Å². The molecule has 0 aromatic rings. The molecule has 2 amide bonds.